The standard InChI is InChI=1S/C19H28N2O3/c1-3-23-10-11-24-18-7-5-4-6-17(18)19(22)21-13-15-8-9-16(21)14-20(2)12-15/h4-7,15-16H,3,8-14H2,1-2H3/t15-,16+/m0/s1. The van der Waals surface area contributed by atoms with Gasteiger partial charge in [0.15, 0.2) is 0 Å². The van der Waals surface area contributed by atoms with Crippen molar-refractivity contribution in [2.45, 2.75) is 25.8 Å². The maximum Gasteiger partial charge on any atom is 0.257 e. The van der Waals surface area contributed by atoms with E-state index in [-0.39, 0.29) is 5.91 Å². The molecule has 5 heteroatoms. The molecule has 0 unspecified atom stereocenters. The number of fused-ring (bicyclic) bond motifs is 4. The lowest BCUT2D eigenvalue weighted by atomic mass is 9.94. The number of piperidine rings is 1. The van der Waals surface area contributed by atoms with Crippen LogP contribution in [0.15, 0.2) is 24.3 Å². The van der Waals surface area contributed by atoms with Gasteiger partial charge in [-0.15, -0.1) is 0 Å². The molecule has 1 amide bonds. The van der Waals surface area contributed by atoms with Crippen molar-refractivity contribution < 1.29 is 14.3 Å². The summed E-state index contributed by atoms with van der Waals surface area (Å²) in [6.45, 7) is 6.56. The van der Waals surface area contributed by atoms with Crippen LogP contribution in [0.3, 0.4) is 0 Å². The highest BCUT2D eigenvalue weighted by atomic mass is 16.5. The Morgan fingerprint density at radius 1 is 1.17 bits per heavy atom. The summed E-state index contributed by atoms with van der Waals surface area (Å²) >= 11 is 0. The molecule has 2 bridgehead atoms. The van der Waals surface area contributed by atoms with Gasteiger partial charge >= 0.3 is 0 Å². The van der Waals surface area contributed by atoms with E-state index in [4.69, 9.17) is 9.47 Å². The van der Waals surface area contributed by atoms with Crippen molar-refractivity contribution in [1.29, 1.82) is 0 Å². The van der Waals surface area contributed by atoms with Crippen molar-refractivity contribution in [1.82, 2.24) is 9.80 Å². The Morgan fingerprint density at radius 3 is 2.83 bits per heavy atom. The van der Waals surface area contributed by atoms with Gasteiger partial charge in [-0.05, 0) is 44.9 Å². The molecule has 5 nitrogen and oxygen atoms in total. The summed E-state index contributed by atoms with van der Waals surface area (Å²) in [6, 6.07) is 7.89. The zero-order chi connectivity index (χ0) is 16.9. The first-order valence-corrected chi connectivity index (χ1v) is 8.98. The largest absolute Gasteiger partial charge is 0.490 e. The Labute approximate surface area is 144 Å². The Morgan fingerprint density at radius 2 is 2.00 bits per heavy atom. The Kier molecular flexibility index (Phi) is 5.74. The van der Waals surface area contributed by atoms with Crippen molar-refractivity contribution in [2.24, 2.45) is 5.92 Å². The number of para-hydroxylation sites is 1. The molecular weight excluding hydrogens is 304 g/mol. The molecule has 0 N–H and O–H groups in total. The maximum absolute atomic E-state index is 13.2. The van der Waals surface area contributed by atoms with Crippen LogP contribution in [0.1, 0.15) is 30.1 Å². The van der Waals surface area contributed by atoms with E-state index in [0.29, 0.717) is 43.1 Å². The minimum absolute atomic E-state index is 0.104. The van der Waals surface area contributed by atoms with E-state index < -0.39 is 0 Å². The monoisotopic (exact) mass is 332 g/mol. The second-order valence-corrected chi connectivity index (χ2v) is 6.82. The van der Waals surface area contributed by atoms with Gasteiger partial charge in [0.1, 0.15) is 12.4 Å². The summed E-state index contributed by atoms with van der Waals surface area (Å²) in [5.74, 6) is 1.35. The molecule has 0 saturated carbocycles. The normalized spacial score (nSPS) is 24.0. The number of carbonyl (C=O) groups excluding carboxylic acids is 1. The molecule has 132 valence electrons. The number of likely N-dealkylation sites (N-methyl/N-ethyl adjacent to an activating group) is 1. The first-order chi connectivity index (χ1) is 11.7. The summed E-state index contributed by atoms with van der Waals surface area (Å²) in [7, 11) is 2.16. The van der Waals surface area contributed by atoms with Crippen LogP contribution in [0.2, 0.25) is 0 Å². The van der Waals surface area contributed by atoms with E-state index in [2.05, 4.69) is 16.8 Å². The summed E-state index contributed by atoms with van der Waals surface area (Å²) in [5, 5.41) is 0. The minimum Gasteiger partial charge on any atom is -0.490 e. The predicted octanol–water partition coefficient (Wildman–Crippen LogP) is 2.27. The van der Waals surface area contributed by atoms with Crippen LogP contribution in [0, 0.1) is 5.92 Å². The highest BCUT2D eigenvalue weighted by Crippen LogP contribution is 2.30. The van der Waals surface area contributed by atoms with Crippen LogP contribution < -0.4 is 4.74 Å². The number of hydrogen-bond donors (Lipinski definition) is 0. The number of benzene rings is 1. The minimum atomic E-state index is 0.104. The lowest BCUT2D eigenvalue weighted by Gasteiger charge is -2.36. The lowest BCUT2D eigenvalue weighted by molar-refractivity contribution is 0.0579. The van der Waals surface area contributed by atoms with Gasteiger partial charge in [-0.3, -0.25) is 4.79 Å². The van der Waals surface area contributed by atoms with Crippen LogP contribution in [-0.4, -0.2) is 68.3 Å². The second-order valence-electron chi connectivity index (χ2n) is 6.82. The van der Waals surface area contributed by atoms with Gasteiger partial charge in [-0.25, -0.2) is 0 Å². The molecule has 24 heavy (non-hydrogen) atoms. The van der Waals surface area contributed by atoms with Crippen LogP contribution in [0.5, 0.6) is 5.75 Å². The fraction of sp³-hybridized carbons (Fsp3) is 0.632. The quantitative estimate of drug-likeness (QED) is 0.750. The third kappa shape index (κ3) is 3.90. The summed E-state index contributed by atoms with van der Waals surface area (Å²) in [4.78, 5) is 17.6. The number of carbonyl (C=O) groups is 1. The molecule has 3 aliphatic rings. The van der Waals surface area contributed by atoms with Gasteiger partial charge in [0.25, 0.3) is 5.91 Å². The highest BCUT2D eigenvalue weighted by Gasteiger charge is 2.37. The molecule has 2 atom stereocenters. The maximum atomic E-state index is 13.2. The average molecular weight is 332 g/mol. The Balaban J connectivity index is 1.73. The predicted molar refractivity (Wildman–Crippen MR) is 93.5 cm³/mol. The molecule has 0 spiro atoms. The molecule has 3 heterocycles. The zero-order valence-corrected chi connectivity index (χ0v) is 14.7. The van der Waals surface area contributed by atoms with Crippen molar-refractivity contribution in [3.05, 3.63) is 29.8 Å². The molecule has 0 aliphatic carbocycles. The molecule has 0 radical (unpaired) electrons. The SMILES string of the molecule is CCOCCOc1ccccc1C(=O)N1C[C@H]2CC[C@@H]1CN(C)C2. The topological polar surface area (TPSA) is 42.0 Å². The van der Waals surface area contributed by atoms with Gasteiger partial charge in [0.05, 0.1) is 12.2 Å². The van der Waals surface area contributed by atoms with E-state index in [1.165, 1.54) is 6.42 Å². The number of rotatable bonds is 6. The number of ether oxygens (including phenoxy) is 2. The highest BCUT2D eigenvalue weighted by molar-refractivity contribution is 5.97. The Bertz CT molecular complexity index is 563. The van der Waals surface area contributed by atoms with Gasteiger partial charge in [0.2, 0.25) is 0 Å². The fourth-order valence-corrected chi connectivity index (χ4v) is 3.84. The number of nitrogens with zero attached hydrogens (tertiary/aromatic N) is 2. The fourth-order valence-electron chi connectivity index (χ4n) is 3.84. The van der Waals surface area contributed by atoms with Crippen molar-refractivity contribution >= 4 is 5.91 Å². The van der Waals surface area contributed by atoms with Gasteiger partial charge in [-0.2, -0.15) is 0 Å². The third-order valence-corrected chi connectivity index (χ3v) is 4.96. The van der Waals surface area contributed by atoms with Crippen molar-refractivity contribution in [3.63, 3.8) is 0 Å². The molecule has 4 rings (SSSR count). The molecule has 3 fully saturated rings. The van der Waals surface area contributed by atoms with Crippen LogP contribution in [0.25, 0.3) is 0 Å². The first kappa shape index (κ1) is 17.2. The first-order valence-electron chi connectivity index (χ1n) is 8.98. The van der Waals surface area contributed by atoms with Crippen LogP contribution >= 0.6 is 0 Å². The molecule has 3 saturated heterocycles. The number of hydrogen-bond acceptors (Lipinski definition) is 4. The molecular formula is C19H28N2O3. The van der Waals surface area contributed by atoms with Crippen LogP contribution in [-0.2, 0) is 4.74 Å². The van der Waals surface area contributed by atoms with Crippen molar-refractivity contribution in [3.8, 4) is 5.75 Å². The smallest absolute Gasteiger partial charge is 0.257 e. The average Bonchev–Trinajstić information content (AvgIpc) is 2.87. The van der Waals surface area contributed by atoms with E-state index in [0.717, 1.165) is 26.1 Å². The molecule has 1 aromatic rings. The third-order valence-electron chi connectivity index (χ3n) is 4.96. The van der Waals surface area contributed by atoms with Gasteiger partial charge < -0.3 is 19.3 Å². The lowest BCUT2D eigenvalue weighted by Crippen LogP contribution is -2.47. The molecule has 1 aromatic carbocycles. The summed E-state index contributed by atoms with van der Waals surface area (Å²) in [6.07, 6.45) is 2.33. The van der Waals surface area contributed by atoms with Gasteiger partial charge in [-0.1, -0.05) is 12.1 Å². The number of amides is 1. The summed E-state index contributed by atoms with van der Waals surface area (Å²) < 4.78 is 11.1. The van der Waals surface area contributed by atoms with E-state index in [9.17, 15) is 4.79 Å². The summed E-state index contributed by atoms with van der Waals surface area (Å²) in [5.41, 5.74) is 0.671. The second kappa shape index (κ2) is 7.99. The molecule has 0 aromatic heterocycles. The van der Waals surface area contributed by atoms with Crippen LogP contribution in [0.4, 0.5) is 0 Å². The molecule has 3 aliphatic heterocycles. The van der Waals surface area contributed by atoms with E-state index in [1.807, 2.05) is 31.2 Å². The Hall–Kier alpha value is -1.59. The zero-order valence-electron chi connectivity index (χ0n) is 14.7. The van der Waals surface area contributed by atoms with E-state index >= 15 is 0 Å². The van der Waals surface area contributed by atoms with E-state index in [1.54, 1.807) is 0 Å². The van der Waals surface area contributed by atoms with Crippen molar-refractivity contribution in [2.75, 3.05) is 46.5 Å². The van der Waals surface area contributed by atoms with Gasteiger partial charge in [0, 0.05) is 32.3 Å².